The van der Waals surface area contributed by atoms with Gasteiger partial charge in [-0.15, -0.1) is 0 Å². The lowest BCUT2D eigenvalue weighted by Crippen LogP contribution is -2.36. The van der Waals surface area contributed by atoms with Crippen LogP contribution >= 0.6 is 11.6 Å². The highest BCUT2D eigenvalue weighted by molar-refractivity contribution is 6.30. The molecule has 116 valence electrons. The van der Waals surface area contributed by atoms with Crippen molar-refractivity contribution in [1.29, 1.82) is 0 Å². The molecule has 0 spiro atoms. The number of benzene rings is 1. The van der Waals surface area contributed by atoms with Crippen LogP contribution in [0.15, 0.2) is 18.2 Å². The van der Waals surface area contributed by atoms with E-state index in [1.807, 2.05) is 0 Å². The van der Waals surface area contributed by atoms with Gasteiger partial charge >= 0.3 is 0 Å². The minimum Gasteiger partial charge on any atom is -0.303 e. The number of hydrogen-bond acceptors (Lipinski definition) is 2. The van der Waals surface area contributed by atoms with Crippen LogP contribution in [0.4, 0.5) is 4.39 Å². The van der Waals surface area contributed by atoms with Gasteiger partial charge in [0, 0.05) is 18.5 Å². The highest BCUT2D eigenvalue weighted by atomic mass is 35.5. The second-order valence-electron chi connectivity index (χ2n) is 6.21. The Morgan fingerprint density at radius 3 is 2.76 bits per heavy atom. The van der Waals surface area contributed by atoms with E-state index in [1.54, 1.807) is 12.1 Å². The van der Waals surface area contributed by atoms with E-state index < -0.39 is 11.7 Å². The molecular weight excluding hydrogens is 289 g/mol. The molecule has 1 aromatic rings. The number of halogens is 2. The van der Waals surface area contributed by atoms with Crippen LogP contribution in [-0.4, -0.2) is 30.8 Å². The van der Waals surface area contributed by atoms with Crippen molar-refractivity contribution < 1.29 is 9.18 Å². The van der Waals surface area contributed by atoms with Crippen molar-refractivity contribution in [2.24, 2.45) is 5.92 Å². The second-order valence-corrected chi connectivity index (χ2v) is 6.61. The standard InChI is InChI=1S/C17H23ClFNO/c1-12(20(2)10-13-5-3-6-13)9-14(11-21)15-7-4-8-16(18)17(15)19/h4,7-8,11-14H,3,5-6,9-10H2,1-2H3/t12-,14?/m0/s1. The van der Waals surface area contributed by atoms with Gasteiger partial charge in [-0.25, -0.2) is 4.39 Å². The maximum atomic E-state index is 14.1. The van der Waals surface area contributed by atoms with Crippen LogP contribution in [0.1, 0.15) is 44.1 Å². The van der Waals surface area contributed by atoms with Crippen molar-refractivity contribution in [3.05, 3.63) is 34.6 Å². The summed E-state index contributed by atoms with van der Waals surface area (Å²) in [4.78, 5) is 13.7. The summed E-state index contributed by atoms with van der Waals surface area (Å²) in [6.07, 6.45) is 5.39. The van der Waals surface area contributed by atoms with Gasteiger partial charge in [-0.1, -0.05) is 30.2 Å². The van der Waals surface area contributed by atoms with Crippen LogP contribution in [0.3, 0.4) is 0 Å². The van der Waals surface area contributed by atoms with E-state index in [9.17, 15) is 9.18 Å². The Hall–Kier alpha value is -0.930. The minimum atomic E-state index is -0.467. The molecule has 1 aromatic carbocycles. The summed E-state index contributed by atoms with van der Waals surface area (Å²) in [5.74, 6) is -0.123. The largest absolute Gasteiger partial charge is 0.303 e. The molecule has 0 amide bonds. The van der Waals surface area contributed by atoms with Crippen LogP contribution in [0.2, 0.25) is 5.02 Å². The van der Waals surface area contributed by atoms with Gasteiger partial charge in [0.25, 0.3) is 0 Å². The quantitative estimate of drug-likeness (QED) is 0.701. The van der Waals surface area contributed by atoms with Gasteiger partial charge in [-0.3, -0.25) is 0 Å². The average Bonchev–Trinajstić information content (AvgIpc) is 2.43. The predicted molar refractivity (Wildman–Crippen MR) is 84.3 cm³/mol. The molecule has 0 saturated heterocycles. The molecule has 1 saturated carbocycles. The first-order valence-corrected chi connectivity index (χ1v) is 8.00. The van der Waals surface area contributed by atoms with Crippen molar-refractivity contribution >= 4 is 17.9 Å². The number of hydrogen-bond donors (Lipinski definition) is 0. The average molecular weight is 312 g/mol. The Morgan fingerprint density at radius 2 is 2.19 bits per heavy atom. The predicted octanol–water partition coefficient (Wildman–Crippen LogP) is 4.27. The SMILES string of the molecule is C[C@@H](CC(C=O)c1cccc(Cl)c1F)N(C)CC1CCC1. The van der Waals surface area contributed by atoms with Crippen molar-refractivity contribution in [1.82, 2.24) is 4.90 Å². The lowest BCUT2D eigenvalue weighted by atomic mass is 9.84. The number of carbonyl (C=O) groups excluding carboxylic acids is 1. The zero-order valence-electron chi connectivity index (χ0n) is 12.7. The Kier molecular flexibility index (Phi) is 5.77. The summed E-state index contributed by atoms with van der Waals surface area (Å²) in [6.45, 7) is 3.16. The third-order valence-corrected chi connectivity index (χ3v) is 4.96. The molecule has 0 aliphatic heterocycles. The Morgan fingerprint density at radius 1 is 1.48 bits per heavy atom. The molecule has 4 heteroatoms. The normalized spacial score (nSPS) is 18.3. The van der Waals surface area contributed by atoms with Gasteiger partial charge in [-0.05, 0) is 50.8 Å². The van der Waals surface area contributed by atoms with Gasteiger partial charge in [-0.2, -0.15) is 0 Å². The number of rotatable bonds is 7. The first-order valence-electron chi connectivity index (χ1n) is 7.62. The molecular formula is C17H23ClFNO. The van der Waals surface area contributed by atoms with Crippen LogP contribution in [0.25, 0.3) is 0 Å². The van der Waals surface area contributed by atoms with Crippen molar-refractivity contribution in [2.45, 2.75) is 44.6 Å². The zero-order chi connectivity index (χ0) is 15.4. The molecule has 0 bridgehead atoms. The summed E-state index contributed by atoms with van der Waals surface area (Å²) in [7, 11) is 2.08. The molecule has 2 atom stereocenters. The van der Waals surface area contributed by atoms with E-state index >= 15 is 0 Å². The fraction of sp³-hybridized carbons (Fsp3) is 0.588. The number of aldehydes is 1. The van der Waals surface area contributed by atoms with Gasteiger partial charge in [0.05, 0.1) is 5.02 Å². The van der Waals surface area contributed by atoms with Gasteiger partial charge in [0.15, 0.2) is 0 Å². The summed E-state index contributed by atoms with van der Waals surface area (Å²) in [6, 6.07) is 5.09. The van der Waals surface area contributed by atoms with Crippen molar-refractivity contribution in [3.63, 3.8) is 0 Å². The molecule has 2 nitrogen and oxygen atoms in total. The highest BCUT2D eigenvalue weighted by Crippen LogP contribution is 2.30. The van der Waals surface area contributed by atoms with Gasteiger partial charge < -0.3 is 9.69 Å². The third-order valence-electron chi connectivity index (χ3n) is 4.66. The van der Waals surface area contributed by atoms with E-state index in [-0.39, 0.29) is 11.1 Å². The topological polar surface area (TPSA) is 20.3 Å². The molecule has 1 aliphatic rings. The Balaban J connectivity index is 2.00. The second kappa shape index (κ2) is 7.37. The summed E-state index contributed by atoms with van der Waals surface area (Å²) in [5.41, 5.74) is 0.404. The van der Waals surface area contributed by atoms with E-state index in [0.717, 1.165) is 18.7 Å². The molecule has 0 aromatic heterocycles. The molecule has 1 aliphatic carbocycles. The summed E-state index contributed by atoms with van der Waals surface area (Å²) < 4.78 is 14.1. The Bertz CT molecular complexity index is 490. The smallest absolute Gasteiger partial charge is 0.145 e. The van der Waals surface area contributed by atoms with Crippen LogP contribution in [0.5, 0.6) is 0 Å². The van der Waals surface area contributed by atoms with E-state index in [0.29, 0.717) is 12.0 Å². The minimum absolute atomic E-state index is 0.0785. The Labute approximate surface area is 131 Å². The molecule has 2 rings (SSSR count). The molecule has 0 radical (unpaired) electrons. The van der Waals surface area contributed by atoms with E-state index in [1.165, 1.54) is 25.3 Å². The maximum Gasteiger partial charge on any atom is 0.145 e. The monoisotopic (exact) mass is 311 g/mol. The summed E-state index contributed by atoms with van der Waals surface area (Å²) >= 11 is 5.81. The summed E-state index contributed by atoms with van der Waals surface area (Å²) in [5, 5.41) is 0.0785. The van der Waals surface area contributed by atoms with Crippen LogP contribution in [0, 0.1) is 11.7 Å². The fourth-order valence-electron chi connectivity index (χ4n) is 2.87. The van der Waals surface area contributed by atoms with E-state index in [4.69, 9.17) is 11.6 Å². The van der Waals surface area contributed by atoms with Crippen molar-refractivity contribution in [3.8, 4) is 0 Å². The molecule has 0 heterocycles. The highest BCUT2D eigenvalue weighted by Gasteiger charge is 2.24. The first kappa shape index (κ1) is 16.4. The molecule has 0 N–H and O–H groups in total. The third kappa shape index (κ3) is 4.04. The lowest BCUT2D eigenvalue weighted by Gasteiger charge is -2.34. The number of nitrogens with zero attached hydrogens (tertiary/aromatic N) is 1. The van der Waals surface area contributed by atoms with Crippen LogP contribution < -0.4 is 0 Å². The fourth-order valence-corrected chi connectivity index (χ4v) is 3.05. The van der Waals surface area contributed by atoms with E-state index in [2.05, 4.69) is 18.9 Å². The lowest BCUT2D eigenvalue weighted by molar-refractivity contribution is -0.109. The van der Waals surface area contributed by atoms with Gasteiger partial charge in [0.2, 0.25) is 0 Å². The maximum absolute atomic E-state index is 14.1. The van der Waals surface area contributed by atoms with Crippen molar-refractivity contribution in [2.75, 3.05) is 13.6 Å². The zero-order valence-corrected chi connectivity index (χ0v) is 13.4. The van der Waals surface area contributed by atoms with Crippen LogP contribution in [-0.2, 0) is 4.79 Å². The number of carbonyl (C=O) groups is 1. The molecule has 1 fully saturated rings. The van der Waals surface area contributed by atoms with Gasteiger partial charge in [0.1, 0.15) is 12.1 Å². The first-order chi connectivity index (χ1) is 10.0. The molecule has 21 heavy (non-hydrogen) atoms. The molecule has 1 unspecified atom stereocenters.